The van der Waals surface area contributed by atoms with Crippen LogP contribution in [0, 0.1) is 0 Å². The van der Waals surface area contributed by atoms with Gasteiger partial charge in [-0.3, -0.25) is 4.79 Å². The van der Waals surface area contributed by atoms with E-state index in [-0.39, 0.29) is 10.9 Å². The fourth-order valence-electron chi connectivity index (χ4n) is 3.09. The summed E-state index contributed by atoms with van der Waals surface area (Å²) in [5.41, 5.74) is 2.57. The van der Waals surface area contributed by atoms with Crippen LogP contribution in [0.25, 0.3) is 10.2 Å². The molecule has 0 saturated heterocycles. The summed E-state index contributed by atoms with van der Waals surface area (Å²) in [6.07, 6.45) is 2.70. The van der Waals surface area contributed by atoms with Crippen LogP contribution in [0.3, 0.4) is 0 Å². The molecule has 164 valence electrons. The van der Waals surface area contributed by atoms with Gasteiger partial charge in [-0.15, -0.1) is 6.58 Å². The number of benzene rings is 2. The molecule has 8 heteroatoms. The van der Waals surface area contributed by atoms with Crippen molar-refractivity contribution in [2.45, 2.75) is 44.7 Å². The normalized spacial score (nSPS) is 12.8. The number of aromatic nitrogens is 1. The van der Waals surface area contributed by atoms with Crippen molar-refractivity contribution >= 4 is 37.5 Å². The molecular weight excluding hydrogens is 430 g/mol. The number of thiazole rings is 1. The van der Waals surface area contributed by atoms with Gasteiger partial charge < -0.3 is 4.57 Å². The predicted octanol–water partition coefficient (Wildman–Crippen LogP) is 4.22. The number of sulfonamides is 1. The Morgan fingerprint density at radius 3 is 2.48 bits per heavy atom. The third kappa shape index (κ3) is 4.71. The van der Waals surface area contributed by atoms with Crippen LogP contribution < -0.4 is 4.80 Å². The van der Waals surface area contributed by atoms with Gasteiger partial charge in [0.05, 0.1) is 15.1 Å². The number of rotatable bonds is 7. The fraction of sp³-hybridized carbons (Fsp3) is 0.304. The first-order valence-corrected chi connectivity index (χ1v) is 12.3. The molecule has 0 fully saturated rings. The fourth-order valence-corrected chi connectivity index (χ4v) is 5.56. The highest BCUT2D eigenvalue weighted by Gasteiger charge is 2.23. The van der Waals surface area contributed by atoms with E-state index in [1.807, 2.05) is 10.6 Å². The lowest BCUT2D eigenvalue weighted by atomic mass is 10.2. The summed E-state index contributed by atoms with van der Waals surface area (Å²) >= 11 is 1.46. The number of carbonyl (C=O) groups is 1. The van der Waals surface area contributed by atoms with Crippen molar-refractivity contribution in [1.29, 1.82) is 0 Å². The Morgan fingerprint density at radius 1 is 1.23 bits per heavy atom. The van der Waals surface area contributed by atoms with Gasteiger partial charge in [-0.2, -0.15) is 9.30 Å². The van der Waals surface area contributed by atoms with E-state index in [9.17, 15) is 13.2 Å². The van der Waals surface area contributed by atoms with Crippen LogP contribution in [0.15, 0.2) is 65.0 Å². The van der Waals surface area contributed by atoms with Crippen molar-refractivity contribution in [3.8, 4) is 0 Å². The van der Waals surface area contributed by atoms with E-state index in [1.54, 1.807) is 19.9 Å². The largest absolute Gasteiger partial charge is 0.312 e. The van der Waals surface area contributed by atoms with Crippen molar-refractivity contribution in [3.63, 3.8) is 0 Å². The molecule has 3 aromatic rings. The van der Waals surface area contributed by atoms with Crippen LogP contribution >= 0.6 is 11.3 Å². The van der Waals surface area contributed by atoms with Crippen molar-refractivity contribution < 1.29 is 13.2 Å². The van der Waals surface area contributed by atoms with Crippen molar-refractivity contribution in [2.75, 3.05) is 7.05 Å². The molecule has 0 radical (unpaired) electrons. The molecular formula is C23H27N3O3S2. The first-order chi connectivity index (χ1) is 14.7. The van der Waals surface area contributed by atoms with Gasteiger partial charge in [0.2, 0.25) is 10.0 Å². The summed E-state index contributed by atoms with van der Waals surface area (Å²) in [6.45, 7) is 10.1. The van der Waals surface area contributed by atoms with Gasteiger partial charge in [-0.05, 0) is 62.2 Å². The zero-order chi connectivity index (χ0) is 22.8. The lowest BCUT2D eigenvalue weighted by Crippen LogP contribution is -2.33. The highest BCUT2D eigenvalue weighted by Crippen LogP contribution is 2.21. The minimum absolute atomic E-state index is 0.149. The van der Waals surface area contributed by atoms with Crippen molar-refractivity contribution in [2.24, 2.45) is 4.99 Å². The summed E-state index contributed by atoms with van der Waals surface area (Å²) in [6, 6.07) is 12.0. The monoisotopic (exact) mass is 457 g/mol. The molecule has 1 amide bonds. The quantitative estimate of drug-likeness (QED) is 0.499. The number of nitrogens with zero attached hydrogens (tertiary/aromatic N) is 3. The second kappa shape index (κ2) is 9.30. The van der Waals surface area contributed by atoms with E-state index in [4.69, 9.17) is 0 Å². The zero-order valence-electron chi connectivity index (χ0n) is 18.2. The Hall–Kier alpha value is -2.55. The Labute approximate surface area is 187 Å². The van der Waals surface area contributed by atoms with Gasteiger partial charge in [0.15, 0.2) is 4.80 Å². The van der Waals surface area contributed by atoms with Gasteiger partial charge in [0.25, 0.3) is 5.91 Å². The average molecular weight is 458 g/mol. The van der Waals surface area contributed by atoms with Crippen molar-refractivity contribution in [1.82, 2.24) is 8.87 Å². The molecule has 0 bridgehead atoms. The van der Waals surface area contributed by atoms with E-state index in [0.717, 1.165) is 16.6 Å². The van der Waals surface area contributed by atoms with E-state index < -0.39 is 15.9 Å². The van der Waals surface area contributed by atoms with Crippen molar-refractivity contribution in [3.05, 3.63) is 71.0 Å². The van der Waals surface area contributed by atoms with E-state index >= 15 is 0 Å². The maximum absolute atomic E-state index is 12.8. The molecule has 0 atom stereocenters. The Morgan fingerprint density at radius 2 is 1.90 bits per heavy atom. The van der Waals surface area contributed by atoms with Crippen LogP contribution in [0.2, 0.25) is 0 Å². The number of carbonyl (C=O) groups excluding carboxylic acids is 1. The maximum atomic E-state index is 12.8. The molecule has 0 aliphatic rings. The molecule has 3 rings (SSSR count). The number of hydrogen-bond donors (Lipinski definition) is 0. The van der Waals surface area contributed by atoms with E-state index in [0.29, 0.717) is 16.9 Å². The van der Waals surface area contributed by atoms with E-state index in [2.05, 4.69) is 30.6 Å². The van der Waals surface area contributed by atoms with Crippen LogP contribution in [-0.2, 0) is 23.0 Å². The van der Waals surface area contributed by atoms with Crippen LogP contribution in [0.5, 0.6) is 0 Å². The summed E-state index contributed by atoms with van der Waals surface area (Å²) in [7, 11) is -2.06. The highest BCUT2D eigenvalue weighted by atomic mass is 32.2. The van der Waals surface area contributed by atoms with Gasteiger partial charge in [0, 0.05) is 25.2 Å². The molecule has 31 heavy (non-hydrogen) atoms. The summed E-state index contributed by atoms with van der Waals surface area (Å²) in [5.74, 6) is -0.416. The van der Waals surface area contributed by atoms with Crippen LogP contribution in [-0.4, -0.2) is 36.3 Å². The molecule has 0 unspecified atom stereocenters. The zero-order valence-corrected chi connectivity index (χ0v) is 19.8. The second-order valence-electron chi connectivity index (χ2n) is 7.50. The van der Waals surface area contributed by atoms with Gasteiger partial charge in [-0.1, -0.05) is 30.4 Å². The highest BCUT2D eigenvalue weighted by molar-refractivity contribution is 7.89. The lowest BCUT2D eigenvalue weighted by molar-refractivity contribution is 0.0997. The number of allylic oxidation sites excluding steroid dienone is 1. The third-order valence-electron chi connectivity index (χ3n) is 5.17. The third-order valence-corrected chi connectivity index (χ3v) is 8.26. The molecule has 0 aliphatic carbocycles. The molecule has 6 nitrogen and oxygen atoms in total. The molecule has 1 heterocycles. The topological polar surface area (TPSA) is 71.7 Å². The average Bonchev–Trinajstić information content (AvgIpc) is 3.09. The number of hydrogen-bond acceptors (Lipinski definition) is 4. The van der Waals surface area contributed by atoms with Gasteiger partial charge in [0.1, 0.15) is 0 Å². The predicted molar refractivity (Wildman–Crippen MR) is 126 cm³/mol. The number of aryl methyl sites for hydroxylation is 1. The second-order valence-corrected chi connectivity index (χ2v) is 10.5. The lowest BCUT2D eigenvalue weighted by Gasteiger charge is -2.20. The minimum Gasteiger partial charge on any atom is -0.312 e. The molecule has 1 aromatic heterocycles. The maximum Gasteiger partial charge on any atom is 0.279 e. The summed E-state index contributed by atoms with van der Waals surface area (Å²) in [5, 5.41) is 0. The van der Waals surface area contributed by atoms with Crippen LogP contribution in [0.1, 0.15) is 36.7 Å². The van der Waals surface area contributed by atoms with Crippen LogP contribution in [0.4, 0.5) is 0 Å². The Kier molecular flexibility index (Phi) is 6.93. The minimum atomic E-state index is -3.60. The standard InChI is InChI=1S/C23H27N3O3S2/c1-6-14-26-20-13-8-17(7-2)15-21(20)30-23(26)24-22(27)18-9-11-19(12-10-18)31(28,29)25(5)16(3)4/h6,8-13,15-16H,1,7,14H2,2-5H3. The summed E-state index contributed by atoms with van der Waals surface area (Å²) in [4.78, 5) is 17.9. The summed E-state index contributed by atoms with van der Waals surface area (Å²) < 4.78 is 29.6. The first kappa shape index (κ1) is 23.1. The first-order valence-electron chi connectivity index (χ1n) is 10.1. The molecule has 0 spiro atoms. The number of amides is 1. The van der Waals surface area contributed by atoms with Gasteiger partial charge in [-0.25, -0.2) is 8.42 Å². The SMILES string of the molecule is C=CCn1c(=NC(=O)c2ccc(S(=O)(=O)N(C)C(C)C)cc2)sc2cc(CC)ccc21. The Bertz CT molecular complexity index is 1280. The van der Waals surface area contributed by atoms with Gasteiger partial charge >= 0.3 is 0 Å². The molecule has 0 N–H and O–H groups in total. The number of fused-ring (bicyclic) bond motifs is 1. The molecule has 0 aliphatic heterocycles. The molecule has 2 aromatic carbocycles. The smallest absolute Gasteiger partial charge is 0.279 e. The van der Waals surface area contributed by atoms with E-state index in [1.165, 1.54) is 52.5 Å². The Balaban J connectivity index is 1.99. The molecule has 0 saturated carbocycles.